The first-order valence-corrected chi connectivity index (χ1v) is 10.4. The number of benzene rings is 3. The van der Waals surface area contributed by atoms with Crippen molar-refractivity contribution in [1.82, 2.24) is 9.88 Å². The van der Waals surface area contributed by atoms with Crippen molar-refractivity contribution in [3.8, 4) is 5.69 Å². The number of fused-ring (bicyclic) bond motifs is 3. The first-order valence-electron chi connectivity index (χ1n) is 10.4. The number of nitrogens with one attached hydrogen (secondary N) is 2. The predicted molar refractivity (Wildman–Crippen MR) is 122 cm³/mol. The normalized spacial score (nSPS) is 15.2. The van der Waals surface area contributed by atoms with E-state index in [1.807, 2.05) is 0 Å². The van der Waals surface area contributed by atoms with Gasteiger partial charge in [0, 0.05) is 29.7 Å². The van der Waals surface area contributed by atoms with Crippen LogP contribution in [0.5, 0.6) is 0 Å². The molecule has 2 N–H and O–H groups in total. The molecule has 3 heteroatoms. The summed E-state index contributed by atoms with van der Waals surface area (Å²) in [4.78, 5) is 0. The van der Waals surface area contributed by atoms with Crippen molar-refractivity contribution in [3.05, 3.63) is 95.7 Å². The number of hydrogen-bond donors (Lipinski definition) is 2. The molecule has 0 spiro atoms. The lowest BCUT2D eigenvalue weighted by Gasteiger charge is -2.32. The highest BCUT2D eigenvalue weighted by molar-refractivity contribution is 5.89. The summed E-state index contributed by atoms with van der Waals surface area (Å²) in [5, 5.41) is 8.76. The highest BCUT2D eigenvalue weighted by Gasteiger charge is 2.30. The van der Waals surface area contributed by atoms with Crippen molar-refractivity contribution in [2.24, 2.45) is 0 Å². The zero-order valence-electron chi connectivity index (χ0n) is 17.1. The molecule has 146 valence electrons. The van der Waals surface area contributed by atoms with Crippen LogP contribution in [-0.4, -0.2) is 10.1 Å². The van der Waals surface area contributed by atoms with Crippen LogP contribution in [0.3, 0.4) is 0 Å². The van der Waals surface area contributed by atoms with E-state index in [1.165, 1.54) is 33.4 Å². The van der Waals surface area contributed by atoms with E-state index in [-0.39, 0.29) is 5.54 Å². The molecular weight excluding hydrogens is 354 g/mol. The molecule has 4 aromatic rings. The fraction of sp³-hybridized carbons (Fsp3) is 0.231. The number of para-hydroxylation sites is 3. The molecule has 1 aromatic heterocycles. The summed E-state index contributed by atoms with van der Waals surface area (Å²) in [7, 11) is 0. The molecule has 0 bridgehead atoms. The van der Waals surface area contributed by atoms with Gasteiger partial charge in [0.2, 0.25) is 0 Å². The Bertz CT molecular complexity index is 1160. The van der Waals surface area contributed by atoms with Gasteiger partial charge in [-0.1, -0.05) is 60.7 Å². The fourth-order valence-electron chi connectivity index (χ4n) is 4.46. The number of aromatic nitrogens is 1. The van der Waals surface area contributed by atoms with Crippen LogP contribution in [0.4, 0.5) is 5.69 Å². The number of hydrogen-bond acceptors (Lipinski definition) is 2. The lowest BCUT2D eigenvalue weighted by molar-refractivity contribution is 0.359. The van der Waals surface area contributed by atoms with Crippen molar-refractivity contribution in [3.63, 3.8) is 0 Å². The standard InChI is InChI=1S/C26H27N3/c1-26(2)16-21-20-12-6-8-14-23(20)29(25(21)18-28-26)24-15-9-7-13-22(24)27-17-19-10-4-3-5-11-19/h3-15,27-28H,16-18H2,1-2H3. The second kappa shape index (κ2) is 7.09. The molecule has 0 fully saturated rings. The zero-order chi connectivity index (χ0) is 19.8. The number of rotatable bonds is 4. The lowest BCUT2D eigenvalue weighted by atomic mass is 9.89. The lowest BCUT2D eigenvalue weighted by Crippen LogP contribution is -2.44. The van der Waals surface area contributed by atoms with Gasteiger partial charge < -0.3 is 15.2 Å². The van der Waals surface area contributed by atoms with E-state index in [4.69, 9.17) is 0 Å². The summed E-state index contributed by atoms with van der Waals surface area (Å²) >= 11 is 0. The van der Waals surface area contributed by atoms with Crippen LogP contribution in [0.25, 0.3) is 16.6 Å². The maximum atomic E-state index is 3.72. The highest BCUT2D eigenvalue weighted by Crippen LogP contribution is 2.36. The van der Waals surface area contributed by atoms with Crippen LogP contribution in [-0.2, 0) is 19.5 Å². The van der Waals surface area contributed by atoms with Gasteiger partial charge in [-0.25, -0.2) is 0 Å². The Hall–Kier alpha value is -3.04. The number of nitrogens with zero attached hydrogens (tertiary/aromatic N) is 1. The van der Waals surface area contributed by atoms with Gasteiger partial charge in [-0.3, -0.25) is 0 Å². The molecule has 0 saturated carbocycles. The maximum absolute atomic E-state index is 3.72. The van der Waals surface area contributed by atoms with Gasteiger partial charge >= 0.3 is 0 Å². The largest absolute Gasteiger partial charge is 0.379 e. The third kappa shape index (κ3) is 3.32. The summed E-state index contributed by atoms with van der Waals surface area (Å²) in [5.74, 6) is 0. The average Bonchev–Trinajstić information content (AvgIpc) is 3.06. The van der Waals surface area contributed by atoms with E-state index < -0.39 is 0 Å². The Morgan fingerprint density at radius 2 is 1.62 bits per heavy atom. The van der Waals surface area contributed by atoms with Gasteiger partial charge in [-0.05, 0) is 49.6 Å². The molecule has 2 heterocycles. The minimum atomic E-state index is 0.118. The van der Waals surface area contributed by atoms with Gasteiger partial charge in [-0.2, -0.15) is 0 Å². The van der Waals surface area contributed by atoms with E-state index in [2.05, 4.69) is 108 Å². The molecule has 0 atom stereocenters. The van der Waals surface area contributed by atoms with Crippen molar-refractivity contribution in [2.45, 2.75) is 38.9 Å². The number of anilines is 1. The Morgan fingerprint density at radius 1 is 0.897 bits per heavy atom. The third-order valence-corrected chi connectivity index (χ3v) is 5.91. The van der Waals surface area contributed by atoms with Gasteiger partial charge in [0.15, 0.2) is 0 Å². The molecule has 5 rings (SSSR count). The molecule has 0 saturated heterocycles. The Morgan fingerprint density at radius 3 is 2.48 bits per heavy atom. The Balaban J connectivity index is 1.62. The van der Waals surface area contributed by atoms with Crippen molar-refractivity contribution < 1.29 is 0 Å². The van der Waals surface area contributed by atoms with Crippen LogP contribution in [0.2, 0.25) is 0 Å². The topological polar surface area (TPSA) is 29.0 Å². The third-order valence-electron chi connectivity index (χ3n) is 5.91. The summed E-state index contributed by atoms with van der Waals surface area (Å²) in [6.45, 7) is 6.27. The molecule has 3 nitrogen and oxygen atoms in total. The molecule has 0 radical (unpaired) electrons. The Kier molecular flexibility index (Phi) is 4.40. The molecule has 0 unspecified atom stereocenters. The van der Waals surface area contributed by atoms with Crippen LogP contribution >= 0.6 is 0 Å². The molecule has 3 aromatic carbocycles. The summed E-state index contributed by atoms with van der Waals surface area (Å²) < 4.78 is 2.44. The maximum Gasteiger partial charge on any atom is 0.0691 e. The fourth-order valence-corrected chi connectivity index (χ4v) is 4.46. The average molecular weight is 382 g/mol. The van der Waals surface area contributed by atoms with Crippen LogP contribution in [0.15, 0.2) is 78.9 Å². The smallest absolute Gasteiger partial charge is 0.0691 e. The van der Waals surface area contributed by atoms with E-state index in [1.54, 1.807) is 0 Å². The van der Waals surface area contributed by atoms with E-state index in [0.29, 0.717) is 0 Å². The van der Waals surface area contributed by atoms with Crippen LogP contribution in [0.1, 0.15) is 30.7 Å². The van der Waals surface area contributed by atoms with Crippen LogP contribution in [0, 0.1) is 0 Å². The van der Waals surface area contributed by atoms with Crippen LogP contribution < -0.4 is 10.6 Å². The van der Waals surface area contributed by atoms with Gasteiger partial charge in [0.1, 0.15) is 0 Å². The molecule has 29 heavy (non-hydrogen) atoms. The molecule has 0 aliphatic carbocycles. The first-order chi connectivity index (χ1) is 14.1. The molecular formula is C26H27N3. The minimum Gasteiger partial charge on any atom is -0.379 e. The molecule has 1 aliphatic rings. The minimum absolute atomic E-state index is 0.118. The second-order valence-corrected chi connectivity index (χ2v) is 8.55. The van der Waals surface area contributed by atoms with Gasteiger partial charge in [0.05, 0.1) is 16.9 Å². The van der Waals surface area contributed by atoms with Gasteiger partial charge in [-0.15, -0.1) is 0 Å². The van der Waals surface area contributed by atoms with Crippen molar-refractivity contribution >= 4 is 16.6 Å². The van der Waals surface area contributed by atoms with Crippen molar-refractivity contribution in [1.29, 1.82) is 0 Å². The monoisotopic (exact) mass is 381 g/mol. The predicted octanol–water partition coefficient (Wildman–Crippen LogP) is 5.67. The molecule has 1 aliphatic heterocycles. The summed E-state index contributed by atoms with van der Waals surface area (Å²) in [5.41, 5.74) is 7.90. The van der Waals surface area contributed by atoms with Crippen molar-refractivity contribution in [2.75, 3.05) is 5.32 Å². The first kappa shape index (κ1) is 18.0. The summed E-state index contributed by atoms with van der Waals surface area (Å²) in [6.07, 6.45) is 1.04. The summed E-state index contributed by atoms with van der Waals surface area (Å²) in [6, 6.07) is 28.0. The van der Waals surface area contributed by atoms with E-state index >= 15 is 0 Å². The highest BCUT2D eigenvalue weighted by atomic mass is 15.1. The SMILES string of the molecule is CC1(C)Cc2c(n(-c3ccccc3NCc3ccccc3)c3ccccc23)CN1. The van der Waals surface area contributed by atoms with E-state index in [0.717, 1.165) is 25.2 Å². The zero-order valence-corrected chi connectivity index (χ0v) is 17.1. The molecule has 0 amide bonds. The van der Waals surface area contributed by atoms with E-state index in [9.17, 15) is 0 Å². The Labute approximate surface area is 172 Å². The second-order valence-electron chi connectivity index (χ2n) is 8.55. The van der Waals surface area contributed by atoms with Gasteiger partial charge in [0.25, 0.3) is 0 Å². The quantitative estimate of drug-likeness (QED) is 0.477.